The van der Waals surface area contributed by atoms with E-state index in [9.17, 15) is 17.1 Å². The van der Waals surface area contributed by atoms with E-state index in [4.69, 9.17) is 4.42 Å². The molecule has 0 radical (unpaired) electrons. The normalized spacial score (nSPS) is 19.6. The van der Waals surface area contributed by atoms with Gasteiger partial charge in [-0.25, -0.2) is 4.98 Å². The summed E-state index contributed by atoms with van der Waals surface area (Å²) in [6.07, 6.45) is 0.0103. The molecule has 6 nitrogen and oxygen atoms in total. The molecule has 1 aliphatic rings. The minimum absolute atomic E-state index is 0.0103. The Labute approximate surface area is 120 Å². The van der Waals surface area contributed by atoms with Crippen molar-refractivity contribution < 1.29 is 21.5 Å². The molecule has 2 heterocycles. The third kappa shape index (κ3) is 2.76. The van der Waals surface area contributed by atoms with Crippen LogP contribution in [0.1, 0.15) is 12.3 Å². The predicted octanol–water partition coefficient (Wildman–Crippen LogP) is 1.79. The molecule has 0 bridgehead atoms. The van der Waals surface area contributed by atoms with E-state index in [2.05, 4.69) is 4.98 Å². The van der Waals surface area contributed by atoms with Crippen LogP contribution < -0.4 is 4.90 Å². The number of aromatic nitrogens is 1. The zero-order valence-corrected chi connectivity index (χ0v) is 12.1. The molecule has 2 aromatic rings. The van der Waals surface area contributed by atoms with Crippen LogP contribution in [-0.4, -0.2) is 31.6 Å². The number of amides is 1. The maximum Gasteiger partial charge on any atom is 0.302 e. The summed E-state index contributed by atoms with van der Waals surface area (Å²) in [6, 6.07) is 5.19. The first-order valence-corrected chi connectivity index (χ1v) is 7.97. The van der Waals surface area contributed by atoms with E-state index >= 15 is 0 Å². The summed E-state index contributed by atoms with van der Waals surface area (Å²) in [4.78, 5) is 17.8. The lowest BCUT2D eigenvalue weighted by Crippen LogP contribution is -2.25. The number of benzene rings is 1. The molecule has 112 valence electrons. The molecule has 1 amide bonds. The first kappa shape index (κ1) is 14.0. The van der Waals surface area contributed by atoms with E-state index in [1.54, 1.807) is 25.1 Å². The summed E-state index contributed by atoms with van der Waals surface area (Å²) in [5.74, 6) is -0.942. The molecule has 1 aromatic heterocycles. The third-order valence-corrected chi connectivity index (χ3v) is 4.30. The maximum absolute atomic E-state index is 12.8. The fourth-order valence-corrected chi connectivity index (χ4v) is 3.46. The van der Waals surface area contributed by atoms with Gasteiger partial charge >= 0.3 is 10.2 Å². The number of anilines is 1. The Hall–Kier alpha value is -1.96. The van der Waals surface area contributed by atoms with Crippen LogP contribution in [0.25, 0.3) is 11.1 Å². The number of carbonyl (C=O) groups excluding carboxylic acids is 1. The molecular formula is C13H13FN2O4S. The highest BCUT2D eigenvalue weighted by Crippen LogP contribution is 2.32. The van der Waals surface area contributed by atoms with E-state index in [0.717, 1.165) is 0 Å². The fourth-order valence-electron chi connectivity index (χ4n) is 2.67. The number of halogens is 1. The fraction of sp³-hybridized carbons (Fsp3) is 0.385. The molecule has 1 saturated heterocycles. The van der Waals surface area contributed by atoms with Gasteiger partial charge in [-0.2, -0.15) is 8.42 Å². The van der Waals surface area contributed by atoms with Gasteiger partial charge in [-0.15, -0.1) is 3.89 Å². The summed E-state index contributed by atoms with van der Waals surface area (Å²) >= 11 is 0. The van der Waals surface area contributed by atoms with E-state index in [1.165, 1.54) is 4.90 Å². The molecule has 0 N–H and O–H groups in total. The molecule has 0 aliphatic carbocycles. The van der Waals surface area contributed by atoms with Gasteiger partial charge in [0.2, 0.25) is 5.91 Å². The van der Waals surface area contributed by atoms with Crippen molar-refractivity contribution >= 4 is 32.9 Å². The highest BCUT2D eigenvalue weighted by atomic mass is 32.3. The third-order valence-electron chi connectivity index (χ3n) is 3.44. The van der Waals surface area contributed by atoms with Crippen molar-refractivity contribution in [3.05, 3.63) is 24.1 Å². The van der Waals surface area contributed by atoms with Gasteiger partial charge in [0, 0.05) is 25.8 Å². The molecule has 0 spiro atoms. The summed E-state index contributed by atoms with van der Waals surface area (Å²) < 4.78 is 39.6. The van der Waals surface area contributed by atoms with E-state index in [1.807, 2.05) is 0 Å². The summed E-state index contributed by atoms with van der Waals surface area (Å²) in [5.41, 5.74) is 1.67. The lowest BCUT2D eigenvalue weighted by molar-refractivity contribution is -0.117. The van der Waals surface area contributed by atoms with Crippen LogP contribution in [0.2, 0.25) is 0 Å². The molecule has 8 heteroatoms. The number of aryl methyl sites for hydroxylation is 1. The van der Waals surface area contributed by atoms with Crippen LogP contribution in [0, 0.1) is 12.8 Å². The number of nitrogens with zero attached hydrogens (tertiary/aromatic N) is 2. The first-order chi connectivity index (χ1) is 9.83. The minimum atomic E-state index is -4.59. The highest BCUT2D eigenvalue weighted by molar-refractivity contribution is 7.86. The second kappa shape index (κ2) is 4.80. The lowest BCUT2D eigenvalue weighted by Gasteiger charge is -2.16. The monoisotopic (exact) mass is 312 g/mol. The number of oxazole rings is 1. The van der Waals surface area contributed by atoms with E-state index in [-0.39, 0.29) is 18.9 Å². The molecule has 1 fully saturated rings. The van der Waals surface area contributed by atoms with Crippen molar-refractivity contribution in [1.29, 1.82) is 0 Å². The number of carbonyl (C=O) groups is 1. The average molecular weight is 312 g/mol. The van der Waals surface area contributed by atoms with Crippen LogP contribution in [0.15, 0.2) is 22.6 Å². The molecule has 1 unspecified atom stereocenters. The molecular weight excluding hydrogens is 299 g/mol. The van der Waals surface area contributed by atoms with Crippen molar-refractivity contribution in [3.63, 3.8) is 0 Å². The molecule has 1 atom stereocenters. The molecule has 0 saturated carbocycles. The van der Waals surface area contributed by atoms with Gasteiger partial charge in [-0.05, 0) is 12.1 Å². The zero-order valence-electron chi connectivity index (χ0n) is 11.2. The first-order valence-electron chi connectivity index (χ1n) is 6.42. The van der Waals surface area contributed by atoms with Gasteiger partial charge in [-0.1, -0.05) is 6.07 Å². The molecule has 1 aromatic carbocycles. The Bertz CT molecular complexity index is 815. The lowest BCUT2D eigenvalue weighted by atomic mass is 10.1. The quantitative estimate of drug-likeness (QED) is 0.807. The Morgan fingerprint density at radius 3 is 2.95 bits per heavy atom. The van der Waals surface area contributed by atoms with Gasteiger partial charge in [0.05, 0.1) is 11.4 Å². The summed E-state index contributed by atoms with van der Waals surface area (Å²) in [6.45, 7) is 1.86. The number of hydrogen-bond acceptors (Lipinski definition) is 5. The number of para-hydroxylation sites is 1. The molecule has 21 heavy (non-hydrogen) atoms. The summed E-state index contributed by atoms with van der Waals surface area (Å²) in [7, 11) is -4.59. The van der Waals surface area contributed by atoms with Gasteiger partial charge in [0.1, 0.15) is 5.52 Å². The number of hydrogen-bond donors (Lipinski definition) is 0. The highest BCUT2D eigenvalue weighted by Gasteiger charge is 2.34. The van der Waals surface area contributed by atoms with Gasteiger partial charge in [0.25, 0.3) is 0 Å². The number of rotatable bonds is 3. The maximum atomic E-state index is 12.8. The van der Waals surface area contributed by atoms with Crippen molar-refractivity contribution in [3.8, 4) is 0 Å². The van der Waals surface area contributed by atoms with Crippen molar-refractivity contribution in [2.75, 3.05) is 17.2 Å². The van der Waals surface area contributed by atoms with Crippen molar-refractivity contribution in [1.82, 2.24) is 4.98 Å². The minimum Gasteiger partial charge on any atom is -0.441 e. The van der Waals surface area contributed by atoms with Gasteiger partial charge in [-0.3, -0.25) is 4.79 Å². The molecule has 3 rings (SSSR count). The Morgan fingerprint density at radius 1 is 1.48 bits per heavy atom. The smallest absolute Gasteiger partial charge is 0.302 e. The second-order valence-corrected chi connectivity index (χ2v) is 6.55. The Balaban J connectivity index is 1.94. The van der Waals surface area contributed by atoms with Crippen LogP contribution in [-0.2, 0) is 15.0 Å². The predicted molar refractivity (Wildman–Crippen MR) is 74.1 cm³/mol. The van der Waals surface area contributed by atoms with E-state index in [0.29, 0.717) is 22.7 Å². The van der Waals surface area contributed by atoms with Crippen LogP contribution >= 0.6 is 0 Å². The number of fused-ring (bicyclic) bond motifs is 1. The Morgan fingerprint density at radius 2 is 2.24 bits per heavy atom. The summed E-state index contributed by atoms with van der Waals surface area (Å²) in [5, 5.41) is 0. The van der Waals surface area contributed by atoms with Crippen molar-refractivity contribution in [2.24, 2.45) is 5.92 Å². The SMILES string of the molecule is Cc1nc2c(N3CC(CS(=O)(=O)F)CC3=O)cccc2o1. The Kier molecular flexibility index (Phi) is 3.20. The topological polar surface area (TPSA) is 80.5 Å². The standard InChI is InChI=1S/C13H13FN2O4S/c1-8-15-13-10(3-2-4-11(13)20-8)16-6-9(5-12(16)17)7-21(14,18)19/h2-4,9H,5-7H2,1H3. The van der Waals surface area contributed by atoms with E-state index < -0.39 is 21.9 Å². The van der Waals surface area contributed by atoms with Gasteiger partial charge in [0.15, 0.2) is 11.5 Å². The largest absolute Gasteiger partial charge is 0.441 e. The van der Waals surface area contributed by atoms with Gasteiger partial charge < -0.3 is 9.32 Å². The second-order valence-electron chi connectivity index (χ2n) is 5.14. The zero-order chi connectivity index (χ0) is 15.2. The van der Waals surface area contributed by atoms with Crippen LogP contribution in [0.4, 0.5) is 9.57 Å². The average Bonchev–Trinajstić information content (AvgIpc) is 2.88. The van der Waals surface area contributed by atoms with Crippen LogP contribution in [0.5, 0.6) is 0 Å². The van der Waals surface area contributed by atoms with Crippen molar-refractivity contribution in [2.45, 2.75) is 13.3 Å². The van der Waals surface area contributed by atoms with Crippen LogP contribution in [0.3, 0.4) is 0 Å². The molecule has 1 aliphatic heterocycles.